The molecule has 0 saturated carbocycles. The first-order valence-electron chi connectivity index (χ1n) is 3.97. The highest BCUT2D eigenvalue weighted by Crippen LogP contribution is 2.17. The standard InChI is InChI=1S/C8H9N3O2S/c1-3-13-8(12)6-4-10-11(2)7(6)9-5-14/h4H,3H2,1-2H3. The molecule has 1 heterocycles. The van der Waals surface area contributed by atoms with Gasteiger partial charge in [-0.25, -0.2) is 9.48 Å². The minimum absolute atomic E-state index is 0.298. The number of aliphatic imine (C=N–C) groups is 1. The Hall–Kier alpha value is -1.52. The normalized spacial score (nSPS) is 9.29. The number of aryl methyl sites for hydroxylation is 1. The van der Waals surface area contributed by atoms with Gasteiger partial charge in [-0.05, 0) is 19.1 Å². The summed E-state index contributed by atoms with van der Waals surface area (Å²) < 4.78 is 6.25. The molecule has 0 amide bonds. The summed E-state index contributed by atoms with van der Waals surface area (Å²) in [6.07, 6.45) is 1.39. The molecule has 0 aliphatic heterocycles. The number of carbonyl (C=O) groups is 1. The van der Waals surface area contributed by atoms with Gasteiger partial charge in [-0.3, -0.25) is 0 Å². The number of rotatable bonds is 3. The number of aromatic nitrogens is 2. The smallest absolute Gasteiger partial charge is 0.343 e. The number of thiocarbonyl (C=S) groups is 1. The Kier molecular flexibility index (Phi) is 3.50. The first kappa shape index (κ1) is 10.6. The van der Waals surface area contributed by atoms with Crippen molar-refractivity contribution in [1.29, 1.82) is 0 Å². The second kappa shape index (κ2) is 4.64. The Morgan fingerprint density at radius 2 is 2.57 bits per heavy atom. The lowest BCUT2D eigenvalue weighted by molar-refractivity contribution is 0.0527. The van der Waals surface area contributed by atoms with E-state index < -0.39 is 5.97 Å². The van der Waals surface area contributed by atoms with Crippen molar-refractivity contribution in [3.63, 3.8) is 0 Å². The average Bonchev–Trinajstić information content (AvgIpc) is 2.50. The third-order valence-electron chi connectivity index (χ3n) is 1.55. The van der Waals surface area contributed by atoms with Gasteiger partial charge < -0.3 is 4.74 Å². The lowest BCUT2D eigenvalue weighted by Gasteiger charge is -1.99. The molecule has 0 aromatic carbocycles. The number of esters is 1. The number of ether oxygens (including phenoxy) is 1. The van der Waals surface area contributed by atoms with Crippen LogP contribution in [-0.2, 0) is 11.8 Å². The molecule has 14 heavy (non-hydrogen) atoms. The SMILES string of the molecule is CCOC(=O)c1cnn(C)c1N=C=S. The van der Waals surface area contributed by atoms with Gasteiger partial charge in [0, 0.05) is 7.05 Å². The zero-order valence-electron chi connectivity index (χ0n) is 7.85. The quantitative estimate of drug-likeness (QED) is 0.430. The van der Waals surface area contributed by atoms with Gasteiger partial charge in [-0.1, -0.05) is 0 Å². The van der Waals surface area contributed by atoms with E-state index in [4.69, 9.17) is 4.74 Å². The molecule has 1 aromatic heterocycles. The van der Waals surface area contributed by atoms with Crippen LogP contribution in [0, 0.1) is 0 Å². The van der Waals surface area contributed by atoms with Crippen molar-refractivity contribution in [2.75, 3.05) is 6.61 Å². The summed E-state index contributed by atoms with van der Waals surface area (Å²) >= 11 is 4.46. The zero-order valence-corrected chi connectivity index (χ0v) is 8.67. The Balaban J connectivity index is 3.08. The Morgan fingerprint density at radius 3 is 3.14 bits per heavy atom. The van der Waals surface area contributed by atoms with Crippen molar-refractivity contribution in [3.8, 4) is 0 Å². The van der Waals surface area contributed by atoms with Crippen LogP contribution in [0.1, 0.15) is 17.3 Å². The van der Waals surface area contributed by atoms with Crippen LogP contribution in [0.4, 0.5) is 5.82 Å². The molecular weight excluding hydrogens is 202 g/mol. The van der Waals surface area contributed by atoms with E-state index in [1.54, 1.807) is 14.0 Å². The summed E-state index contributed by atoms with van der Waals surface area (Å²) in [4.78, 5) is 15.1. The first-order chi connectivity index (χ1) is 6.70. The molecule has 0 aliphatic carbocycles. The van der Waals surface area contributed by atoms with Gasteiger partial charge in [0.15, 0.2) is 5.82 Å². The van der Waals surface area contributed by atoms with Crippen LogP contribution in [0.5, 0.6) is 0 Å². The number of isothiocyanates is 1. The highest BCUT2D eigenvalue weighted by atomic mass is 32.1. The van der Waals surface area contributed by atoms with E-state index in [2.05, 4.69) is 27.5 Å². The first-order valence-corrected chi connectivity index (χ1v) is 4.38. The lowest BCUT2D eigenvalue weighted by Crippen LogP contribution is -2.03. The molecule has 0 bridgehead atoms. The third kappa shape index (κ3) is 2.04. The fraction of sp³-hybridized carbons (Fsp3) is 0.375. The van der Waals surface area contributed by atoms with Crippen LogP contribution in [0.3, 0.4) is 0 Å². The minimum Gasteiger partial charge on any atom is -0.462 e. The predicted molar refractivity (Wildman–Crippen MR) is 53.9 cm³/mol. The monoisotopic (exact) mass is 211 g/mol. The largest absolute Gasteiger partial charge is 0.462 e. The Labute approximate surface area is 86.4 Å². The summed E-state index contributed by atoms with van der Waals surface area (Å²) in [5.74, 6) is -0.0944. The van der Waals surface area contributed by atoms with Crippen molar-refractivity contribution in [2.24, 2.45) is 12.0 Å². The molecule has 0 atom stereocenters. The number of hydrogen-bond donors (Lipinski definition) is 0. The second-order valence-corrected chi connectivity index (χ2v) is 2.61. The minimum atomic E-state index is -0.454. The molecule has 1 rings (SSSR count). The van der Waals surface area contributed by atoms with Crippen LogP contribution in [0.15, 0.2) is 11.2 Å². The summed E-state index contributed by atoms with van der Waals surface area (Å²) in [6, 6.07) is 0. The number of nitrogens with zero attached hydrogens (tertiary/aromatic N) is 3. The van der Waals surface area contributed by atoms with Crippen LogP contribution >= 0.6 is 12.2 Å². The van der Waals surface area contributed by atoms with Gasteiger partial charge in [0.2, 0.25) is 0 Å². The molecule has 0 unspecified atom stereocenters. The van der Waals surface area contributed by atoms with E-state index in [0.717, 1.165) is 0 Å². The molecule has 74 valence electrons. The fourth-order valence-electron chi connectivity index (χ4n) is 0.960. The van der Waals surface area contributed by atoms with Gasteiger partial charge in [0.05, 0.1) is 18.0 Å². The maximum atomic E-state index is 11.4. The molecule has 0 radical (unpaired) electrons. The highest BCUT2D eigenvalue weighted by Gasteiger charge is 2.16. The van der Waals surface area contributed by atoms with Crippen molar-refractivity contribution < 1.29 is 9.53 Å². The molecule has 0 saturated heterocycles. The van der Waals surface area contributed by atoms with Crippen molar-refractivity contribution in [2.45, 2.75) is 6.92 Å². The summed E-state index contributed by atoms with van der Waals surface area (Å²) in [5, 5.41) is 6.06. The molecule has 1 aromatic rings. The van der Waals surface area contributed by atoms with E-state index in [1.165, 1.54) is 10.9 Å². The Morgan fingerprint density at radius 1 is 1.86 bits per heavy atom. The predicted octanol–water partition coefficient (Wildman–Crippen LogP) is 1.33. The molecule has 0 fully saturated rings. The molecule has 6 heteroatoms. The third-order valence-corrected chi connectivity index (χ3v) is 1.65. The molecule has 0 spiro atoms. The van der Waals surface area contributed by atoms with E-state index in [-0.39, 0.29) is 0 Å². The van der Waals surface area contributed by atoms with E-state index >= 15 is 0 Å². The van der Waals surface area contributed by atoms with E-state index in [0.29, 0.717) is 18.0 Å². The topological polar surface area (TPSA) is 56.5 Å². The van der Waals surface area contributed by atoms with Gasteiger partial charge in [0.1, 0.15) is 5.56 Å². The molecule has 5 nitrogen and oxygen atoms in total. The summed E-state index contributed by atoms with van der Waals surface area (Å²) in [7, 11) is 1.66. The van der Waals surface area contributed by atoms with Crippen molar-refractivity contribution in [1.82, 2.24) is 9.78 Å². The van der Waals surface area contributed by atoms with Crippen LogP contribution in [-0.4, -0.2) is 27.5 Å². The number of hydrogen-bond acceptors (Lipinski definition) is 5. The van der Waals surface area contributed by atoms with Crippen LogP contribution in [0.25, 0.3) is 0 Å². The fourth-order valence-corrected chi connectivity index (χ4v) is 1.05. The molecule has 0 N–H and O–H groups in total. The van der Waals surface area contributed by atoms with Crippen LogP contribution < -0.4 is 0 Å². The molecule has 0 aliphatic rings. The highest BCUT2D eigenvalue weighted by molar-refractivity contribution is 7.78. The molecular formula is C8H9N3O2S. The average molecular weight is 211 g/mol. The van der Waals surface area contributed by atoms with Crippen molar-refractivity contribution in [3.05, 3.63) is 11.8 Å². The maximum absolute atomic E-state index is 11.4. The van der Waals surface area contributed by atoms with Gasteiger partial charge >= 0.3 is 5.97 Å². The maximum Gasteiger partial charge on any atom is 0.343 e. The Bertz CT molecular complexity index is 393. The van der Waals surface area contributed by atoms with Crippen molar-refractivity contribution >= 4 is 29.2 Å². The summed E-state index contributed by atoms with van der Waals surface area (Å²) in [5.41, 5.74) is 0.298. The summed E-state index contributed by atoms with van der Waals surface area (Å²) in [6.45, 7) is 2.05. The lowest BCUT2D eigenvalue weighted by atomic mass is 10.3. The second-order valence-electron chi connectivity index (χ2n) is 2.43. The van der Waals surface area contributed by atoms with Gasteiger partial charge in [-0.15, -0.1) is 0 Å². The van der Waals surface area contributed by atoms with E-state index in [1.807, 2.05) is 0 Å². The zero-order chi connectivity index (χ0) is 10.6. The van der Waals surface area contributed by atoms with E-state index in [9.17, 15) is 4.79 Å². The van der Waals surface area contributed by atoms with Gasteiger partial charge in [0.25, 0.3) is 0 Å². The van der Waals surface area contributed by atoms with Crippen LogP contribution in [0.2, 0.25) is 0 Å². The van der Waals surface area contributed by atoms with Gasteiger partial charge in [-0.2, -0.15) is 10.1 Å². The number of carbonyl (C=O) groups excluding carboxylic acids is 1.